The van der Waals surface area contributed by atoms with Gasteiger partial charge in [0.25, 0.3) is 5.69 Å². The molecule has 0 fully saturated rings. The van der Waals surface area contributed by atoms with Gasteiger partial charge < -0.3 is 13.9 Å². The van der Waals surface area contributed by atoms with Gasteiger partial charge >= 0.3 is 11.9 Å². The highest BCUT2D eigenvalue weighted by molar-refractivity contribution is 14.1. The molecule has 3 rings (SSSR count). The van der Waals surface area contributed by atoms with E-state index >= 15 is 0 Å². The average Bonchev–Trinajstić information content (AvgIpc) is 2.99. The van der Waals surface area contributed by atoms with E-state index in [-0.39, 0.29) is 29.2 Å². The summed E-state index contributed by atoms with van der Waals surface area (Å²) in [6, 6.07) is 9.18. The number of hydrogen-bond acceptors (Lipinski definition) is 7. The minimum absolute atomic E-state index is 0.117. The van der Waals surface area contributed by atoms with E-state index in [9.17, 15) is 19.7 Å². The molecular formula is C19H14INO7. The van der Waals surface area contributed by atoms with Crippen molar-refractivity contribution in [2.24, 2.45) is 0 Å². The van der Waals surface area contributed by atoms with Crippen LogP contribution >= 0.6 is 22.6 Å². The van der Waals surface area contributed by atoms with Crippen LogP contribution in [-0.4, -0.2) is 23.5 Å². The van der Waals surface area contributed by atoms with E-state index < -0.39 is 16.9 Å². The second kappa shape index (κ2) is 7.97. The van der Waals surface area contributed by atoms with Gasteiger partial charge in [-0.3, -0.25) is 14.9 Å². The standard InChI is InChI=1S/C19H14INO7/c1-3-26-19(23)17-13-8-14(20)15(21(24)25)9-16(13)28-18(17)11-4-6-12(7-5-11)27-10(2)22/h4-9H,3H2,1-2H3. The summed E-state index contributed by atoms with van der Waals surface area (Å²) in [6.07, 6.45) is 0. The largest absolute Gasteiger partial charge is 0.462 e. The number of carbonyl (C=O) groups excluding carboxylic acids is 2. The molecule has 0 N–H and O–H groups in total. The summed E-state index contributed by atoms with van der Waals surface area (Å²) in [4.78, 5) is 34.3. The van der Waals surface area contributed by atoms with E-state index in [0.29, 0.717) is 20.3 Å². The third kappa shape index (κ3) is 3.84. The molecule has 0 saturated carbocycles. The fourth-order valence-corrected chi connectivity index (χ4v) is 3.36. The normalized spacial score (nSPS) is 10.7. The van der Waals surface area contributed by atoms with Crippen molar-refractivity contribution in [1.29, 1.82) is 0 Å². The van der Waals surface area contributed by atoms with Gasteiger partial charge in [-0.15, -0.1) is 0 Å². The molecule has 1 heterocycles. The summed E-state index contributed by atoms with van der Waals surface area (Å²) in [5, 5.41) is 11.6. The molecule has 1 aromatic heterocycles. The summed E-state index contributed by atoms with van der Waals surface area (Å²) in [5.41, 5.74) is 0.806. The first kappa shape index (κ1) is 19.8. The van der Waals surface area contributed by atoms with Gasteiger partial charge in [-0.05, 0) is 59.8 Å². The van der Waals surface area contributed by atoms with Crippen molar-refractivity contribution in [3.8, 4) is 17.1 Å². The lowest BCUT2D eigenvalue weighted by Crippen LogP contribution is -2.05. The summed E-state index contributed by atoms with van der Waals surface area (Å²) in [7, 11) is 0. The number of halogens is 1. The van der Waals surface area contributed by atoms with E-state index in [1.54, 1.807) is 31.2 Å². The SMILES string of the molecule is CCOC(=O)c1c(-c2ccc(OC(C)=O)cc2)oc2cc([N+](=O)[O-])c(I)cc12. The third-order valence-electron chi connectivity index (χ3n) is 3.81. The van der Waals surface area contributed by atoms with Crippen molar-refractivity contribution in [1.82, 2.24) is 0 Å². The molecule has 3 aromatic rings. The molecule has 0 bridgehead atoms. The van der Waals surface area contributed by atoms with Crippen LogP contribution in [0.1, 0.15) is 24.2 Å². The minimum Gasteiger partial charge on any atom is -0.462 e. The molecule has 0 atom stereocenters. The molecule has 0 spiro atoms. The van der Waals surface area contributed by atoms with Gasteiger partial charge in [0.05, 0.1) is 21.2 Å². The number of nitro groups is 1. The first-order chi connectivity index (χ1) is 13.3. The number of esters is 2. The van der Waals surface area contributed by atoms with Crippen LogP contribution in [0.2, 0.25) is 0 Å². The second-order valence-electron chi connectivity index (χ2n) is 5.70. The summed E-state index contributed by atoms with van der Waals surface area (Å²) >= 11 is 1.84. The molecule has 0 aliphatic rings. The molecule has 28 heavy (non-hydrogen) atoms. The van der Waals surface area contributed by atoms with E-state index in [1.807, 2.05) is 22.6 Å². The Balaban J connectivity index is 2.19. The predicted molar refractivity (Wildman–Crippen MR) is 108 cm³/mol. The molecule has 0 aliphatic heterocycles. The highest BCUT2D eigenvalue weighted by Crippen LogP contribution is 2.38. The maximum Gasteiger partial charge on any atom is 0.342 e. The fraction of sp³-hybridized carbons (Fsp3) is 0.158. The first-order valence-corrected chi connectivity index (χ1v) is 9.26. The maximum absolute atomic E-state index is 12.6. The van der Waals surface area contributed by atoms with Crippen LogP contribution in [0.5, 0.6) is 5.75 Å². The molecule has 8 nitrogen and oxygen atoms in total. The average molecular weight is 495 g/mol. The molecule has 9 heteroatoms. The number of ether oxygens (including phenoxy) is 2. The highest BCUT2D eigenvalue weighted by atomic mass is 127. The highest BCUT2D eigenvalue weighted by Gasteiger charge is 2.26. The van der Waals surface area contributed by atoms with Gasteiger partial charge in [0.15, 0.2) is 0 Å². The first-order valence-electron chi connectivity index (χ1n) is 8.18. The molecule has 0 unspecified atom stereocenters. The number of furan rings is 1. The number of fused-ring (bicyclic) bond motifs is 1. The van der Waals surface area contributed by atoms with Gasteiger partial charge in [0, 0.05) is 17.9 Å². The monoisotopic (exact) mass is 495 g/mol. The zero-order chi connectivity index (χ0) is 20.4. The summed E-state index contributed by atoms with van der Waals surface area (Å²) in [6.45, 7) is 3.14. The van der Waals surface area contributed by atoms with Crippen LogP contribution in [0.25, 0.3) is 22.3 Å². The molecule has 144 valence electrons. The Morgan fingerprint density at radius 1 is 1.21 bits per heavy atom. The van der Waals surface area contributed by atoms with Crippen molar-refractivity contribution in [3.05, 3.63) is 55.6 Å². The van der Waals surface area contributed by atoms with E-state index in [0.717, 1.165) is 0 Å². The van der Waals surface area contributed by atoms with Gasteiger partial charge in [-0.1, -0.05) is 0 Å². The molecule has 2 aromatic carbocycles. The van der Waals surface area contributed by atoms with Crippen LogP contribution in [0, 0.1) is 13.7 Å². The molecule has 0 radical (unpaired) electrons. The Bertz CT molecular complexity index is 1090. The second-order valence-corrected chi connectivity index (χ2v) is 6.86. The predicted octanol–water partition coefficient (Wildman–Crippen LogP) is 4.71. The minimum atomic E-state index is -0.593. The van der Waals surface area contributed by atoms with Gasteiger partial charge in [-0.2, -0.15) is 0 Å². The van der Waals surface area contributed by atoms with Crippen molar-refractivity contribution >= 4 is 51.2 Å². The van der Waals surface area contributed by atoms with Crippen LogP contribution in [-0.2, 0) is 9.53 Å². The van der Waals surface area contributed by atoms with Crippen LogP contribution in [0.15, 0.2) is 40.8 Å². The summed E-state index contributed by atoms with van der Waals surface area (Å²) < 4.78 is 16.3. The van der Waals surface area contributed by atoms with Crippen molar-refractivity contribution in [2.75, 3.05) is 6.61 Å². The molecule has 0 amide bonds. The topological polar surface area (TPSA) is 109 Å². The van der Waals surface area contributed by atoms with E-state index in [1.165, 1.54) is 19.1 Å². The lowest BCUT2D eigenvalue weighted by atomic mass is 10.1. The number of nitro benzene ring substituents is 1. The van der Waals surface area contributed by atoms with Crippen LogP contribution in [0.4, 0.5) is 5.69 Å². The number of benzene rings is 2. The lowest BCUT2D eigenvalue weighted by Gasteiger charge is -2.05. The molecule has 0 saturated heterocycles. The number of rotatable bonds is 5. The number of nitrogens with zero attached hydrogens (tertiary/aromatic N) is 1. The number of hydrogen-bond donors (Lipinski definition) is 0. The number of carbonyl (C=O) groups is 2. The zero-order valence-electron chi connectivity index (χ0n) is 14.9. The zero-order valence-corrected chi connectivity index (χ0v) is 17.0. The smallest absolute Gasteiger partial charge is 0.342 e. The molecule has 0 aliphatic carbocycles. The third-order valence-corrected chi connectivity index (χ3v) is 4.68. The van der Waals surface area contributed by atoms with Crippen LogP contribution in [0.3, 0.4) is 0 Å². The maximum atomic E-state index is 12.6. The van der Waals surface area contributed by atoms with Gasteiger partial charge in [-0.25, -0.2) is 4.79 Å². The Morgan fingerprint density at radius 2 is 1.89 bits per heavy atom. The Kier molecular flexibility index (Phi) is 5.63. The van der Waals surface area contributed by atoms with Gasteiger partial charge in [0.1, 0.15) is 22.7 Å². The molecular weight excluding hydrogens is 481 g/mol. The fourth-order valence-electron chi connectivity index (χ4n) is 2.70. The van der Waals surface area contributed by atoms with Crippen LogP contribution < -0.4 is 4.74 Å². The Labute approximate surface area is 172 Å². The lowest BCUT2D eigenvalue weighted by molar-refractivity contribution is -0.385. The van der Waals surface area contributed by atoms with Crippen molar-refractivity contribution < 1.29 is 28.4 Å². The Hall–Kier alpha value is -2.95. The Morgan fingerprint density at radius 3 is 2.46 bits per heavy atom. The van der Waals surface area contributed by atoms with E-state index in [2.05, 4.69) is 0 Å². The summed E-state index contributed by atoms with van der Waals surface area (Å²) in [5.74, 6) is -0.482. The van der Waals surface area contributed by atoms with Crippen molar-refractivity contribution in [3.63, 3.8) is 0 Å². The van der Waals surface area contributed by atoms with Crippen molar-refractivity contribution in [2.45, 2.75) is 13.8 Å². The van der Waals surface area contributed by atoms with E-state index in [4.69, 9.17) is 13.9 Å². The quantitative estimate of drug-likeness (QED) is 0.166. The van der Waals surface area contributed by atoms with Gasteiger partial charge in [0.2, 0.25) is 0 Å².